The van der Waals surface area contributed by atoms with Gasteiger partial charge in [0.2, 0.25) is 11.8 Å². The van der Waals surface area contributed by atoms with Crippen LogP contribution in [0.5, 0.6) is 0 Å². The molecule has 48 heavy (non-hydrogen) atoms. The van der Waals surface area contributed by atoms with E-state index in [2.05, 4.69) is 24.5 Å². The maximum atomic E-state index is 12.1. The second-order valence-electron chi connectivity index (χ2n) is 14.9. The first-order valence-electron chi connectivity index (χ1n) is 21.4. The van der Waals surface area contributed by atoms with Crippen LogP contribution in [0.3, 0.4) is 0 Å². The largest absolute Gasteiger partial charge is 0.393 e. The number of hydrogen-bond acceptors (Lipinski definition) is 4. The first-order valence-corrected chi connectivity index (χ1v) is 21.4. The smallest absolute Gasteiger partial charge is 0.219 e. The van der Waals surface area contributed by atoms with E-state index in [4.69, 9.17) is 0 Å². The van der Waals surface area contributed by atoms with Gasteiger partial charge < -0.3 is 20.8 Å². The summed E-state index contributed by atoms with van der Waals surface area (Å²) in [6.07, 6.45) is 38.0. The molecule has 0 aliphatic rings. The quantitative estimate of drug-likeness (QED) is 0.0486. The van der Waals surface area contributed by atoms with E-state index >= 15 is 0 Å². The molecule has 0 radical (unpaired) electrons. The van der Waals surface area contributed by atoms with Crippen molar-refractivity contribution in [2.45, 2.75) is 244 Å². The summed E-state index contributed by atoms with van der Waals surface area (Å²) in [6, 6.07) is 0. The van der Waals surface area contributed by atoms with Crippen LogP contribution in [0.4, 0.5) is 0 Å². The van der Waals surface area contributed by atoms with Gasteiger partial charge in [0.05, 0.1) is 12.2 Å². The number of unbranched alkanes of at least 4 members (excludes halogenated alkanes) is 23. The van der Waals surface area contributed by atoms with Crippen LogP contribution >= 0.6 is 0 Å². The third-order valence-corrected chi connectivity index (χ3v) is 9.91. The van der Waals surface area contributed by atoms with Gasteiger partial charge in [0.1, 0.15) is 0 Å². The van der Waals surface area contributed by atoms with Crippen molar-refractivity contribution in [3.63, 3.8) is 0 Å². The van der Waals surface area contributed by atoms with Crippen LogP contribution in [-0.2, 0) is 9.59 Å². The van der Waals surface area contributed by atoms with E-state index in [0.29, 0.717) is 12.8 Å². The lowest BCUT2D eigenvalue weighted by atomic mass is 10.0. The fourth-order valence-corrected chi connectivity index (χ4v) is 6.59. The van der Waals surface area contributed by atoms with E-state index in [-0.39, 0.29) is 24.0 Å². The molecule has 2 unspecified atom stereocenters. The molecular formula is C42H84N2O4. The maximum absolute atomic E-state index is 12.1. The molecule has 6 heteroatoms. The second kappa shape index (κ2) is 38.7. The van der Waals surface area contributed by atoms with Crippen molar-refractivity contribution in [1.29, 1.82) is 0 Å². The number of hydrogen-bond donors (Lipinski definition) is 4. The third-order valence-electron chi connectivity index (χ3n) is 9.91. The third kappa shape index (κ3) is 37.7. The summed E-state index contributed by atoms with van der Waals surface area (Å²) in [5.74, 6) is 0.357. The molecule has 0 aliphatic heterocycles. The lowest BCUT2D eigenvalue weighted by Crippen LogP contribution is -2.24. The SMILES string of the molecule is CCCCCCCCC(O)CCCCCCCCC(=O)NCCCCCCNC(=O)CCCCCCCCC(O)CCCCCCCC. The Morgan fingerprint density at radius 2 is 0.625 bits per heavy atom. The molecule has 4 N–H and O–H groups in total. The van der Waals surface area contributed by atoms with Gasteiger partial charge in [-0.2, -0.15) is 0 Å². The molecule has 0 fully saturated rings. The Morgan fingerprint density at radius 1 is 0.375 bits per heavy atom. The van der Waals surface area contributed by atoms with E-state index in [1.165, 1.54) is 116 Å². The van der Waals surface area contributed by atoms with Crippen LogP contribution in [0, 0.1) is 0 Å². The molecule has 2 atom stereocenters. The molecular weight excluding hydrogens is 596 g/mol. The highest BCUT2D eigenvalue weighted by Gasteiger charge is 2.06. The molecule has 0 heterocycles. The molecule has 0 spiro atoms. The molecule has 2 amide bonds. The van der Waals surface area contributed by atoms with Gasteiger partial charge in [0.15, 0.2) is 0 Å². The molecule has 0 saturated carbocycles. The number of aliphatic hydroxyl groups excluding tert-OH is 2. The highest BCUT2D eigenvalue weighted by Crippen LogP contribution is 2.16. The molecule has 0 aromatic carbocycles. The molecule has 0 saturated heterocycles. The molecule has 286 valence electrons. The second-order valence-corrected chi connectivity index (χ2v) is 14.9. The summed E-state index contributed by atoms with van der Waals surface area (Å²) in [6.45, 7) is 6.00. The van der Waals surface area contributed by atoms with Crippen molar-refractivity contribution >= 4 is 11.8 Å². The summed E-state index contributed by atoms with van der Waals surface area (Å²) in [5, 5.41) is 26.4. The minimum atomic E-state index is -0.113. The molecule has 0 rings (SSSR count). The average molecular weight is 681 g/mol. The van der Waals surface area contributed by atoms with Gasteiger partial charge in [0, 0.05) is 25.9 Å². The van der Waals surface area contributed by atoms with Crippen molar-refractivity contribution in [1.82, 2.24) is 10.6 Å². The van der Waals surface area contributed by atoms with E-state index in [1.807, 2.05) is 0 Å². The topological polar surface area (TPSA) is 98.7 Å². The van der Waals surface area contributed by atoms with Crippen LogP contribution < -0.4 is 10.6 Å². The fraction of sp³-hybridized carbons (Fsp3) is 0.952. The predicted molar refractivity (Wildman–Crippen MR) is 206 cm³/mol. The highest BCUT2D eigenvalue weighted by molar-refractivity contribution is 5.76. The maximum Gasteiger partial charge on any atom is 0.219 e. The Labute approximate surface area is 299 Å². The van der Waals surface area contributed by atoms with E-state index in [9.17, 15) is 19.8 Å². The normalized spacial score (nSPS) is 12.7. The minimum Gasteiger partial charge on any atom is -0.393 e. The van der Waals surface area contributed by atoms with Crippen molar-refractivity contribution in [3.8, 4) is 0 Å². The number of rotatable bonds is 39. The van der Waals surface area contributed by atoms with E-state index in [1.54, 1.807) is 0 Å². The summed E-state index contributed by atoms with van der Waals surface area (Å²) in [5.41, 5.74) is 0. The number of amides is 2. The highest BCUT2D eigenvalue weighted by atomic mass is 16.3. The monoisotopic (exact) mass is 681 g/mol. The predicted octanol–water partition coefficient (Wildman–Crippen LogP) is 11.2. The van der Waals surface area contributed by atoms with Gasteiger partial charge in [-0.05, 0) is 51.4 Å². The average Bonchev–Trinajstić information content (AvgIpc) is 3.07. The van der Waals surface area contributed by atoms with E-state index in [0.717, 1.165) is 103 Å². The number of carbonyl (C=O) groups excluding carboxylic acids is 2. The zero-order chi connectivity index (χ0) is 35.2. The van der Waals surface area contributed by atoms with Gasteiger partial charge in [-0.3, -0.25) is 9.59 Å². The summed E-state index contributed by atoms with van der Waals surface area (Å²) in [7, 11) is 0. The van der Waals surface area contributed by atoms with Gasteiger partial charge in [0.25, 0.3) is 0 Å². The summed E-state index contributed by atoms with van der Waals surface area (Å²) in [4.78, 5) is 24.2. The first kappa shape index (κ1) is 46.9. The van der Waals surface area contributed by atoms with Crippen LogP contribution in [0.15, 0.2) is 0 Å². The van der Waals surface area contributed by atoms with Crippen LogP contribution in [0.1, 0.15) is 232 Å². The van der Waals surface area contributed by atoms with Gasteiger partial charge in [-0.25, -0.2) is 0 Å². The van der Waals surface area contributed by atoms with Crippen LogP contribution in [0.25, 0.3) is 0 Å². The lowest BCUT2D eigenvalue weighted by molar-refractivity contribution is -0.122. The zero-order valence-corrected chi connectivity index (χ0v) is 32.3. The van der Waals surface area contributed by atoms with Crippen molar-refractivity contribution in [2.24, 2.45) is 0 Å². The minimum absolute atomic E-state index is 0.113. The first-order chi connectivity index (χ1) is 23.5. The van der Waals surface area contributed by atoms with Crippen LogP contribution in [0.2, 0.25) is 0 Å². The number of aliphatic hydroxyl groups is 2. The Balaban J connectivity index is 3.34. The van der Waals surface area contributed by atoms with Crippen LogP contribution in [-0.4, -0.2) is 47.3 Å². The Morgan fingerprint density at radius 3 is 0.938 bits per heavy atom. The molecule has 6 nitrogen and oxygen atoms in total. The van der Waals surface area contributed by atoms with Crippen molar-refractivity contribution in [2.75, 3.05) is 13.1 Å². The van der Waals surface area contributed by atoms with E-state index < -0.39 is 0 Å². The molecule has 0 aromatic heterocycles. The molecule has 0 aliphatic carbocycles. The Kier molecular flexibility index (Phi) is 37.7. The standard InChI is InChI=1S/C42H84N2O4/c1-3-5-7-9-15-23-31-39(45)33-25-17-11-13-19-27-35-41(47)43-37-29-21-22-30-38-44-42(48)36-28-20-14-12-18-26-34-40(46)32-24-16-10-8-6-4-2/h39-40,45-46H,3-38H2,1-2H3,(H,43,47)(H,44,48). The zero-order valence-electron chi connectivity index (χ0n) is 32.3. The summed E-state index contributed by atoms with van der Waals surface area (Å²) < 4.78 is 0. The fourth-order valence-electron chi connectivity index (χ4n) is 6.59. The Bertz CT molecular complexity index is 618. The van der Waals surface area contributed by atoms with Crippen molar-refractivity contribution < 1.29 is 19.8 Å². The molecule has 0 bridgehead atoms. The summed E-state index contributed by atoms with van der Waals surface area (Å²) >= 11 is 0. The number of nitrogens with one attached hydrogen (secondary N) is 2. The van der Waals surface area contributed by atoms with Gasteiger partial charge in [-0.15, -0.1) is 0 Å². The van der Waals surface area contributed by atoms with Crippen molar-refractivity contribution in [3.05, 3.63) is 0 Å². The molecule has 0 aromatic rings. The van der Waals surface area contributed by atoms with Gasteiger partial charge >= 0.3 is 0 Å². The van der Waals surface area contributed by atoms with Gasteiger partial charge in [-0.1, -0.05) is 168 Å². The number of carbonyl (C=O) groups is 2. The lowest BCUT2D eigenvalue weighted by Gasteiger charge is -2.10. The Hall–Kier alpha value is -1.14.